The Morgan fingerprint density at radius 2 is 1.67 bits per heavy atom. The van der Waals surface area contributed by atoms with E-state index in [9.17, 15) is 32.8 Å². The van der Waals surface area contributed by atoms with E-state index in [2.05, 4.69) is 35.8 Å². The molecular formula is C50H66F2N10O5. The number of benzene rings is 2. The number of nitrogens with zero attached hydrogens (tertiary/aromatic N) is 6. The number of halogens is 2. The number of alkyl halides is 2. The molecule has 0 spiro atoms. The van der Waals surface area contributed by atoms with E-state index in [0.29, 0.717) is 53.7 Å². The average Bonchev–Trinajstić information content (AvgIpc) is 3.83. The zero-order chi connectivity index (χ0) is 46.9. The molecule has 4 atom stereocenters. The average molecular weight is 925 g/mol. The molecular weight excluding hydrogens is 859 g/mol. The van der Waals surface area contributed by atoms with Crippen molar-refractivity contribution in [3.63, 3.8) is 0 Å². The second kappa shape index (κ2) is 20.2. The van der Waals surface area contributed by atoms with Crippen molar-refractivity contribution in [1.82, 2.24) is 40.7 Å². The quantitative estimate of drug-likeness (QED) is 0.155. The van der Waals surface area contributed by atoms with Crippen LogP contribution in [0.15, 0.2) is 36.5 Å². The van der Waals surface area contributed by atoms with E-state index in [1.165, 1.54) is 0 Å². The van der Waals surface area contributed by atoms with Crippen molar-refractivity contribution in [2.24, 2.45) is 11.8 Å². The third-order valence-electron chi connectivity index (χ3n) is 15.8. The van der Waals surface area contributed by atoms with E-state index in [0.717, 1.165) is 132 Å². The SMILES string of the molecule is CN/C=C(\C=N)c1cc2c(cc1C(F)F)N(C1NN(C3CCN(CCCN4CCC(CCc5cccc6c5C(=O)N(C5CCC(=O)NC5=O)C6=O)CC4)CC3)C3CCN(C(C)=O)CC13)CCC2. The summed E-state index contributed by atoms with van der Waals surface area (Å²) in [7, 11) is 1.70. The minimum absolute atomic E-state index is 0.0690. The van der Waals surface area contributed by atoms with Gasteiger partial charge in [0.05, 0.1) is 17.3 Å². The molecule has 0 radical (unpaired) electrons. The molecule has 67 heavy (non-hydrogen) atoms. The standard InChI is InChI=1S/C50H66F2N10O5/c1-31(63)59-25-17-41-40(30-59)47(60-20-4-7-34-26-38(35(28-53)29-54-2)39(46(51)52)27-43(34)60)56-62(41)36-15-23-58(24-16-36)19-5-18-57-21-13-32(14-22-57)9-10-33-6-3-8-37-45(33)50(67)61(49(37)66)42-11-12-44(64)55-48(42)65/h3,6,8,26-29,32,36,40-42,46-47,53-54,56H,4-5,7,9-25,30H2,1-2H3,(H,55,64,65)/b35-29+,53-28?. The van der Waals surface area contributed by atoms with Gasteiger partial charge < -0.3 is 30.3 Å². The van der Waals surface area contributed by atoms with Crippen LogP contribution in [0.4, 0.5) is 14.5 Å². The molecule has 9 rings (SSSR count). The molecule has 17 heteroatoms. The Bertz CT molecular complexity index is 2280. The molecule has 7 aliphatic rings. The van der Waals surface area contributed by atoms with Crippen molar-refractivity contribution < 1.29 is 32.8 Å². The van der Waals surface area contributed by atoms with E-state index in [1.54, 1.807) is 32.3 Å². The minimum atomic E-state index is -2.70. The smallest absolute Gasteiger partial charge is 0.264 e. The first-order valence-electron chi connectivity index (χ1n) is 24.6. The molecule has 7 heterocycles. The Morgan fingerprint density at radius 3 is 2.36 bits per heavy atom. The number of hydrogen-bond acceptors (Lipinski definition) is 12. The maximum atomic E-state index is 14.7. The van der Waals surface area contributed by atoms with E-state index >= 15 is 0 Å². The lowest BCUT2D eigenvalue weighted by molar-refractivity contribution is -0.136. The van der Waals surface area contributed by atoms with Gasteiger partial charge >= 0.3 is 0 Å². The highest BCUT2D eigenvalue weighted by Crippen LogP contribution is 2.42. The molecule has 0 aromatic heterocycles. The van der Waals surface area contributed by atoms with Gasteiger partial charge in [0.15, 0.2) is 0 Å². The highest BCUT2D eigenvalue weighted by molar-refractivity contribution is 6.24. The number of nitrogens with one attached hydrogen (secondary N) is 4. The number of aryl methyl sites for hydroxylation is 2. The van der Waals surface area contributed by atoms with Crippen molar-refractivity contribution in [2.75, 3.05) is 70.9 Å². The maximum Gasteiger partial charge on any atom is 0.264 e. The summed E-state index contributed by atoms with van der Waals surface area (Å²) in [5.41, 5.74) is 8.11. The van der Waals surface area contributed by atoms with Crippen molar-refractivity contribution in [2.45, 2.75) is 115 Å². The van der Waals surface area contributed by atoms with Gasteiger partial charge in [0, 0.05) is 87.3 Å². The Labute approximate surface area is 392 Å². The van der Waals surface area contributed by atoms with Crippen LogP contribution in [0.3, 0.4) is 0 Å². The fourth-order valence-electron chi connectivity index (χ4n) is 12.3. The molecule has 4 unspecified atom stereocenters. The number of piperidine rings is 4. The zero-order valence-corrected chi connectivity index (χ0v) is 38.9. The first kappa shape index (κ1) is 47.0. The van der Waals surface area contributed by atoms with Crippen LogP contribution in [-0.2, 0) is 27.2 Å². The summed E-state index contributed by atoms with van der Waals surface area (Å²) in [5.74, 6) is -1.17. The Hall–Kier alpha value is -5.10. The fourth-order valence-corrected chi connectivity index (χ4v) is 12.3. The highest BCUT2D eigenvalue weighted by Gasteiger charge is 2.51. The third-order valence-corrected chi connectivity index (χ3v) is 15.8. The number of allylic oxidation sites excluding steroid dienone is 1. The second-order valence-electron chi connectivity index (χ2n) is 19.7. The van der Waals surface area contributed by atoms with Crippen LogP contribution in [0.5, 0.6) is 0 Å². The lowest BCUT2D eigenvalue weighted by Gasteiger charge is -2.43. The molecule has 5 saturated heterocycles. The zero-order valence-electron chi connectivity index (χ0n) is 38.9. The number of fused-ring (bicyclic) bond motifs is 3. The third kappa shape index (κ3) is 9.53. The summed E-state index contributed by atoms with van der Waals surface area (Å²) in [6.45, 7) is 9.91. The van der Waals surface area contributed by atoms with Gasteiger partial charge in [0.1, 0.15) is 6.04 Å². The Morgan fingerprint density at radius 1 is 0.925 bits per heavy atom. The predicted octanol–water partition coefficient (Wildman–Crippen LogP) is 4.57. The van der Waals surface area contributed by atoms with Crippen LogP contribution in [-0.4, -0.2) is 151 Å². The predicted molar refractivity (Wildman–Crippen MR) is 250 cm³/mol. The molecule has 5 amide bonds. The summed E-state index contributed by atoms with van der Waals surface area (Å²) in [5, 5.41) is 15.6. The highest BCUT2D eigenvalue weighted by atomic mass is 19.3. The molecule has 2 aromatic carbocycles. The summed E-state index contributed by atoms with van der Waals surface area (Å²) in [6.07, 6.45) is 9.61. The molecule has 7 aliphatic heterocycles. The summed E-state index contributed by atoms with van der Waals surface area (Å²) in [6, 6.07) is 8.51. The second-order valence-corrected chi connectivity index (χ2v) is 19.7. The number of hydrazine groups is 1. The summed E-state index contributed by atoms with van der Waals surface area (Å²) < 4.78 is 29.4. The molecule has 0 saturated carbocycles. The normalized spacial score (nSPS) is 26.0. The maximum absolute atomic E-state index is 14.7. The van der Waals surface area contributed by atoms with Gasteiger partial charge in [-0.2, -0.15) is 0 Å². The first-order valence-corrected chi connectivity index (χ1v) is 24.6. The molecule has 360 valence electrons. The number of amides is 5. The van der Waals surface area contributed by atoms with Gasteiger partial charge in [0.2, 0.25) is 17.7 Å². The van der Waals surface area contributed by atoms with Gasteiger partial charge in [-0.15, -0.1) is 0 Å². The van der Waals surface area contributed by atoms with E-state index in [1.807, 2.05) is 23.1 Å². The van der Waals surface area contributed by atoms with Crippen LogP contribution in [0.25, 0.3) is 5.57 Å². The number of rotatable bonds is 14. The van der Waals surface area contributed by atoms with Crippen molar-refractivity contribution >= 4 is 47.0 Å². The number of carbonyl (C=O) groups excluding carboxylic acids is 5. The van der Waals surface area contributed by atoms with E-state index < -0.39 is 30.2 Å². The largest absolute Gasteiger partial charge is 0.393 e. The van der Waals surface area contributed by atoms with Crippen LogP contribution >= 0.6 is 0 Å². The van der Waals surface area contributed by atoms with Gasteiger partial charge in [-0.1, -0.05) is 12.1 Å². The molecule has 0 aliphatic carbocycles. The van der Waals surface area contributed by atoms with E-state index in [-0.39, 0.29) is 48.3 Å². The summed E-state index contributed by atoms with van der Waals surface area (Å²) >= 11 is 0. The van der Waals surface area contributed by atoms with Gasteiger partial charge in [-0.05, 0) is 151 Å². The van der Waals surface area contributed by atoms with Gasteiger partial charge in [-0.25, -0.2) is 19.2 Å². The molecule has 4 N–H and O–H groups in total. The van der Waals surface area contributed by atoms with Gasteiger partial charge in [0.25, 0.3) is 18.2 Å². The van der Waals surface area contributed by atoms with Crippen LogP contribution in [0.1, 0.15) is 121 Å². The Kier molecular flexibility index (Phi) is 14.2. The molecule has 5 fully saturated rings. The summed E-state index contributed by atoms with van der Waals surface area (Å²) in [4.78, 5) is 74.3. The fraction of sp³-hybridized carbons (Fsp3) is 0.600. The number of carbonyl (C=O) groups is 5. The number of anilines is 1. The number of hydrogen-bond donors (Lipinski definition) is 4. The number of imide groups is 2. The lowest BCUT2D eigenvalue weighted by atomic mass is 9.87. The van der Waals surface area contributed by atoms with Crippen molar-refractivity contribution in [3.05, 3.63) is 69.9 Å². The minimum Gasteiger partial charge on any atom is -0.393 e. The molecule has 2 aromatic rings. The van der Waals surface area contributed by atoms with Crippen LogP contribution in [0, 0.1) is 17.2 Å². The van der Waals surface area contributed by atoms with E-state index in [4.69, 9.17) is 5.41 Å². The first-order chi connectivity index (χ1) is 32.4. The van der Waals surface area contributed by atoms with Gasteiger partial charge in [-0.3, -0.25) is 34.2 Å². The monoisotopic (exact) mass is 925 g/mol. The molecule has 0 bridgehead atoms. The number of likely N-dealkylation sites (tertiary alicyclic amines) is 3. The van der Waals surface area contributed by atoms with Crippen molar-refractivity contribution in [1.29, 1.82) is 5.41 Å². The molecule has 15 nitrogen and oxygen atoms in total. The van der Waals surface area contributed by atoms with Crippen LogP contribution < -0.4 is 21.0 Å². The Balaban J connectivity index is 0.758. The van der Waals surface area contributed by atoms with Crippen molar-refractivity contribution in [3.8, 4) is 0 Å². The lowest BCUT2D eigenvalue weighted by Crippen LogP contribution is -2.54. The topological polar surface area (TPSA) is 165 Å². The van der Waals surface area contributed by atoms with Crippen LogP contribution in [0.2, 0.25) is 0 Å².